The van der Waals surface area contributed by atoms with E-state index in [4.69, 9.17) is 0 Å². The largest absolute Gasteiger partial charge is 0.291 e. The van der Waals surface area contributed by atoms with Gasteiger partial charge in [0.15, 0.2) is 0 Å². The van der Waals surface area contributed by atoms with Gasteiger partial charge in [0.25, 0.3) is 0 Å². The summed E-state index contributed by atoms with van der Waals surface area (Å²) in [6.45, 7) is 0. The third-order valence-corrected chi connectivity index (χ3v) is 1.24. The third kappa shape index (κ3) is 5.62. The fourth-order valence-electron chi connectivity index (χ4n) is 0.185. The van der Waals surface area contributed by atoms with Crippen LogP contribution in [0.2, 0.25) is 0 Å². The first-order valence-corrected chi connectivity index (χ1v) is 3.99. The Bertz CT molecular complexity index is 156. The molecule has 4 heteroatoms. The SMILES string of the molecule is CS(=O)(=O)C[CH][C]=O. The van der Waals surface area contributed by atoms with Crippen molar-refractivity contribution in [3.05, 3.63) is 6.42 Å². The molecule has 46 valence electrons. The molecule has 0 fully saturated rings. The molecule has 8 heavy (non-hydrogen) atoms. The Morgan fingerprint density at radius 3 is 2.25 bits per heavy atom. The fraction of sp³-hybridized carbons (Fsp3) is 0.500. The van der Waals surface area contributed by atoms with Crippen LogP contribution in [0.1, 0.15) is 0 Å². The van der Waals surface area contributed by atoms with E-state index >= 15 is 0 Å². The Kier molecular flexibility index (Phi) is 2.68. The smallest absolute Gasteiger partial charge is 0.203 e. The van der Waals surface area contributed by atoms with E-state index in [0.29, 0.717) is 0 Å². The average molecular weight is 134 g/mol. The van der Waals surface area contributed by atoms with Gasteiger partial charge in [-0.2, -0.15) is 0 Å². The van der Waals surface area contributed by atoms with E-state index in [2.05, 4.69) is 0 Å². The average Bonchev–Trinajstić information content (AvgIpc) is 1.59. The molecule has 0 aromatic rings. The van der Waals surface area contributed by atoms with Gasteiger partial charge < -0.3 is 0 Å². The van der Waals surface area contributed by atoms with Gasteiger partial charge in [-0.3, -0.25) is 4.79 Å². The number of hydrogen-bond donors (Lipinski definition) is 0. The molecule has 0 unspecified atom stereocenters. The predicted octanol–water partition coefficient (Wildman–Crippen LogP) is -0.655. The predicted molar refractivity (Wildman–Crippen MR) is 29.7 cm³/mol. The van der Waals surface area contributed by atoms with E-state index in [0.717, 1.165) is 12.7 Å². The second-order valence-corrected chi connectivity index (χ2v) is 3.60. The van der Waals surface area contributed by atoms with Crippen LogP contribution in [-0.2, 0) is 14.6 Å². The van der Waals surface area contributed by atoms with Crippen LogP contribution < -0.4 is 0 Å². The van der Waals surface area contributed by atoms with Gasteiger partial charge in [0.1, 0.15) is 9.84 Å². The van der Waals surface area contributed by atoms with E-state index < -0.39 is 9.84 Å². The molecule has 0 saturated carbocycles. The molecule has 0 aliphatic rings. The molecule has 0 aliphatic heterocycles. The van der Waals surface area contributed by atoms with E-state index in [9.17, 15) is 13.2 Å². The van der Waals surface area contributed by atoms with Crippen molar-refractivity contribution >= 4 is 16.1 Å². The molecule has 2 radical (unpaired) electrons. The van der Waals surface area contributed by atoms with Crippen LogP contribution in [0.25, 0.3) is 0 Å². The zero-order valence-corrected chi connectivity index (χ0v) is 5.23. The number of sulfone groups is 1. The highest BCUT2D eigenvalue weighted by Gasteiger charge is 1.99. The summed E-state index contributed by atoms with van der Waals surface area (Å²) >= 11 is 0. The van der Waals surface area contributed by atoms with Crippen LogP contribution in [0.3, 0.4) is 0 Å². The quantitative estimate of drug-likeness (QED) is 0.515. The Hall–Kier alpha value is -0.380. The Morgan fingerprint density at radius 1 is 1.62 bits per heavy atom. The molecule has 0 aromatic heterocycles. The minimum Gasteiger partial charge on any atom is -0.291 e. The van der Waals surface area contributed by atoms with Gasteiger partial charge in [-0.15, -0.1) is 0 Å². The fourth-order valence-corrected chi connectivity index (χ4v) is 0.556. The Labute approximate surface area is 48.6 Å². The van der Waals surface area contributed by atoms with Crippen LogP contribution >= 0.6 is 0 Å². The summed E-state index contributed by atoms with van der Waals surface area (Å²) in [6.07, 6.45) is 3.37. The molecule has 0 N–H and O–H groups in total. The summed E-state index contributed by atoms with van der Waals surface area (Å²) in [6, 6.07) is 0. The summed E-state index contributed by atoms with van der Waals surface area (Å²) in [7, 11) is -3.00. The van der Waals surface area contributed by atoms with E-state index in [1.165, 1.54) is 6.29 Å². The molecule has 0 heterocycles. The highest BCUT2D eigenvalue weighted by Crippen LogP contribution is 1.82. The van der Waals surface area contributed by atoms with E-state index in [1.54, 1.807) is 0 Å². The van der Waals surface area contributed by atoms with Crippen molar-refractivity contribution in [2.75, 3.05) is 12.0 Å². The summed E-state index contributed by atoms with van der Waals surface area (Å²) in [5.74, 6) is -0.212. The topological polar surface area (TPSA) is 51.2 Å². The number of carbonyl (C=O) groups excluding carboxylic acids is 1. The molecule has 0 saturated heterocycles. The molecule has 0 amide bonds. The minimum absolute atomic E-state index is 0.212. The third-order valence-electron chi connectivity index (χ3n) is 0.469. The van der Waals surface area contributed by atoms with Crippen molar-refractivity contribution in [3.8, 4) is 0 Å². The van der Waals surface area contributed by atoms with Crippen LogP contribution in [-0.4, -0.2) is 26.7 Å². The van der Waals surface area contributed by atoms with Crippen molar-refractivity contribution in [2.24, 2.45) is 0 Å². The van der Waals surface area contributed by atoms with Gasteiger partial charge in [-0.05, 0) is 0 Å². The number of hydrogen-bond acceptors (Lipinski definition) is 3. The first-order chi connectivity index (χ1) is 3.56. The van der Waals surface area contributed by atoms with Crippen molar-refractivity contribution < 1.29 is 13.2 Å². The van der Waals surface area contributed by atoms with Gasteiger partial charge in [0.2, 0.25) is 6.29 Å². The summed E-state index contributed by atoms with van der Waals surface area (Å²) < 4.78 is 20.4. The molecule has 0 aliphatic carbocycles. The van der Waals surface area contributed by atoms with E-state index in [1.807, 2.05) is 0 Å². The molecule has 0 spiro atoms. The van der Waals surface area contributed by atoms with Crippen LogP contribution in [0.5, 0.6) is 0 Å². The molecule has 0 aromatic carbocycles. The van der Waals surface area contributed by atoms with Gasteiger partial charge in [-0.25, -0.2) is 8.42 Å². The van der Waals surface area contributed by atoms with Crippen molar-refractivity contribution in [1.82, 2.24) is 0 Å². The summed E-state index contributed by atoms with van der Waals surface area (Å²) in [4.78, 5) is 9.41. The highest BCUT2D eigenvalue weighted by atomic mass is 32.2. The lowest BCUT2D eigenvalue weighted by Gasteiger charge is -1.85. The van der Waals surface area contributed by atoms with Gasteiger partial charge in [0, 0.05) is 6.26 Å². The molecule has 0 atom stereocenters. The first-order valence-electron chi connectivity index (χ1n) is 1.93. The molecular weight excluding hydrogens is 128 g/mol. The zero-order chi connectivity index (χ0) is 6.62. The number of rotatable bonds is 3. The monoisotopic (exact) mass is 134 g/mol. The molecular formula is C4H6O3S. The maximum atomic E-state index is 10.2. The van der Waals surface area contributed by atoms with Crippen molar-refractivity contribution in [2.45, 2.75) is 0 Å². The van der Waals surface area contributed by atoms with Crippen molar-refractivity contribution in [3.63, 3.8) is 0 Å². The van der Waals surface area contributed by atoms with Crippen molar-refractivity contribution in [1.29, 1.82) is 0 Å². The van der Waals surface area contributed by atoms with E-state index in [-0.39, 0.29) is 5.75 Å². The van der Waals surface area contributed by atoms with Gasteiger partial charge in [-0.1, -0.05) is 0 Å². The normalized spacial score (nSPS) is 11.1. The molecule has 0 bridgehead atoms. The highest BCUT2D eigenvalue weighted by molar-refractivity contribution is 7.90. The summed E-state index contributed by atoms with van der Waals surface area (Å²) in [5, 5.41) is 0. The standard InChI is InChI=1S/C4H6O3S/c1-8(6,7)4-2-3-5/h2H,4H2,1H3. The molecule has 0 rings (SSSR count). The molecule has 3 nitrogen and oxygen atoms in total. The van der Waals surface area contributed by atoms with Gasteiger partial charge >= 0.3 is 0 Å². The van der Waals surface area contributed by atoms with Crippen LogP contribution in [0, 0.1) is 6.42 Å². The Balaban J connectivity index is 3.57. The second-order valence-electron chi connectivity index (χ2n) is 1.41. The van der Waals surface area contributed by atoms with Crippen LogP contribution in [0.4, 0.5) is 0 Å². The van der Waals surface area contributed by atoms with Gasteiger partial charge in [0.05, 0.1) is 12.2 Å². The maximum Gasteiger partial charge on any atom is 0.203 e. The zero-order valence-electron chi connectivity index (χ0n) is 4.42. The Morgan fingerprint density at radius 2 is 2.12 bits per heavy atom. The lowest BCUT2D eigenvalue weighted by atomic mass is 10.6. The lowest BCUT2D eigenvalue weighted by Crippen LogP contribution is -2.03. The first kappa shape index (κ1) is 7.62. The second kappa shape index (κ2) is 2.81. The minimum atomic E-state index is -3.00. The lowest BCUT2D eigenvalue weighted by molar-refractivity contribution is 0.560. The maximum absolute atomic E-state index is 10.2. The van der Waals surface area contributed by atoms with Crippen LogP contribution in [0.15, 0.2) is 0 Å². The summed E-state index contributed by atoms with van der Waals surface area (Å²) in [5.41, 5.74) is 0.